The van der Waals surface area contributed by atoms with Crippen LogP contribution in [-0.2, 0) is 28.6 Å². The minimum absolute atomic E-state index is 0.134. The van der Waals surface area contributed by atoms with Crippen LogP contribution in [0.15, 0.2) is 134 Å². The fraction of sp³-hybridized carbons (Fsp3) is 0.590. The number of carbonyl (C=O) groups is 3. The predicted molar refractivity (Wildman–Crippen MR) is 288 cm³/mol. The number of ether oxygens (including phenoxy) is 3. The lowest BCUT2D eigenvalue weighted by atomic mass is 10.0. The van der Waals surface area contributed by atoms with Crippen molar-refractivity contribution in [1.82, 2.24) is 0 Å². The molecule has 1 atom stereocenters. The molecular formula is C61H96O6. The predicted octanol–water partition coefficient (Wildman–Crippen LogP) is 17.9. The van der Waals surface area contributed by atoms with Crippen molar-refractivity contribution in [2.24, 2.45) is 0 Å². The van der Waals surface area contributed by atoms with E-state index in [1.165, 1.54) is 64.2 Å². The maximum atomic E-state index is 12.8. The van der Waals surface area contributed by atoms with Crippen LogP contribution in [0.5, 0.6) is 0 Å². The van der Waals surface area contributed by atoms with E-state index in [2.05, 4.69) is 142 Å². The molecule has 0 N–H and O–H groups in total. The van der Waals surface area contributed by atoms with E-state index in [1.807, 2.05) is 12.2 Å². The summed E-state index contributed by atoms with van der Waals surface area (Å²) in [5.41, 5.74) is 0. The molecule has 0 radical (unpaired) electrons. The lowest BCUT2D eigenvalue weighted by molar-refractivity contribution is -0.166. The van der Waals surface area contributed by atoms with Crippen LogP contribution < -0.4 is 0 Å². The molecule has 0 unspecified atom stereocenters. The molecule has 0 saturated carbocycles. The van der Waals surface area contributed by atoms with Crippen LogP contribution >= 0.6 is 0 Å². The van der Waals surface area contributed by atoms with Crippen molar-refractivity contribution in [3.63, 3.8) is 0 Å². The van der Waals surface area contributed by atoms with Gasteiger partial charge in [0.25, 0.3) is 0 Å². The van der Waals surface area contributed by atoms with Crippen molar-refractivity contribution in [1.29, 1.82) is 0 Å². The molecule has 0 aliphatic heterocycles. The van der Waals surface area contributed by atoms with E-state index >= 15 is 0 Å². The Morgan fingerprint density at radius 1 is 0.313 bits per heavy atom. The zero-order valence-corrected chi connectivity index (χ0v) is 42.9. The highest BCUT2D eigenvalue weighted by Crippen LogP contribution is 2.14. The maximum absolute atomic E-state index is 12.8. The van der Waals surface area contributed by atoms with E-state index in [4.69, 9.17) is 14.2 Å². The van der Waals surface area contributed by atoms with E-state index in [0.29, 0.717) is 19.3 Å². The molecule has 0 aromatic heterocycles. The number of unbranched alkanes of at least 4 members (excludes halogenated alkanes) is 13. The molecule has 0 aliphatic rings. The quantitative estimate of drug-likeness (QED) is 0.0262. The second kappa shape index (κ2) is 54.2. The Morgan fingerprint density at radius 2 is 0.612 bits per heavy atom. The van der Waals surface area contributed by atoms with Gasteiger partial charge in [-0.15, -0.1) is 0 Å². The Labute approximate surface area is 411 Å². The Kier molecular flexibility index (Phi) is 50.6. The van der Waals surface area contributed by atoms with Gasteiger partial charge >= 0.3 is 17.9 Å². The number of esters is 3. The lowest BCUT2D eigenvalue weighted by Gasteiger charge is -2.18. The van der Waals surface area contributed by atoms with Gasteiger partial charge in [0.1, 0.15) is 13.2 Å². The Balaban J connectivity index is 4.59. The molecule has 0 saturated heterocycles. The van der Waals surface area contributed by atoms with Crippen LogP contribution in [-0.4, -0.2) is 37.2 Å². The molecule has 6 nitrogen and oxygen atoms in total. The molecule has 0 aromatic carbocycles. The molecule has 376 valence electrons. The Morgan fingerprint density at radius 3 is 0.985 bits per heavy atom. The third-order valence-electron chi connectivity index (χ3n) is 10.7. The smallest absolute Gasteiger partial charge is 0.306 e. The van der Waals surface area contributed by atoms with Crippen LogP contribution in [0.1, 0.15) is 213 Å². The third-order valence-corrected chi connectivity index (χ3v) is 10.7. The molecule has 0 heterocycles. The zero-order valence-electron chi connectivity index (χ0n) is 42.9. The Hall–Kier alpha value is -4.45. The number of hydrogen-bond donors (Lipinski definition) is 0. The molecule has 0 spiro atoms. The SMILES string of the molecule is CC/C=C\C/C=C\C/C=C\C/C=C\C/C=C\C/C=C\CCC(=O)OC[C@H](COC(=O)CCC/C=C\C/C=C\C/C=C\C/C=C\C/C=C\CC)OC(=O)CCCCCCCCCCCCCCC. The van der Waals surface area contributed by atoms with Gasteiger partial charge in [0.15, 0.2) is 6.10 Å². The van der Waals surface area contributed by atoms with Crippen LogP contribution in [0.4, 0.5) is 0 Å². The van der Waals surface area contributed by atoms with Crippen LogP contribution in [0.2, 0.25) is 0 Å². The van der Waals surface area contributed by atoms with E-state index in [-0.39, 0.29) is 44.0 Å². The summed E-state index contributed by atoms with van der Waals surface area (Å²) < 4.78 is 16.7. The number of carbonyl (C=O) groups excluding carboxylic acids is 3. The first-order valence-corrected chi connectivity index (χ1v) is 26.7. The Bertz CT molecular complexity index is 1480. The molecule has 0 aliphatic carbocycles. The van der Waals surface area contributed by atoms with Gasteiger partial charge in [0, 0.05) is 19.3 Å². The van der Waals surface area contributed by atoms with Gasteiger partial charge in [0.2, 0.25) is 0 Å². The summed E-state index contributed by atoms with van der Waals surface area (Å²) in [5.74, 6) is -1.08. The molecule has 0 amide bonds. The summed E-state index contributed by atoms with van der Waals surface area (Å²) in [4.78, 5) is 38.0. The highest BCUT2D eigenvalue weighted by molar-refractivity contribution is 5.71. The standard InChI is InChI=1S/C61H96O6/c1-4-7-10-13-16-19-22-25-27-29-30-32-34-37-39-42-45-48-51-54-60(63)66-57-58(67-61(64)55-52-49-46-43-40-35-24-21-18-15-12-9-6-3)56-65-59(62)53-50-47-44-41-38-36-33-31-28-26-23-20-17-14-11-8-5-2/h7-8,10-11,16-17,19-20,25-28,30,32-33,36-37,39,41,44-45,48,58H,4-6,9,12-15,18,21-24,29,31,34-35,38,40,42-43,46-47,49-57H2,1-3H3/b10-7-,11-8-,19-16-,20-17-,27-25-,28-26-,32-30-,36-33-,39-37-,44-41-,48-45-/t58-/m0/s1. The van der Waals surface area contributed by atoms with Gasteiger partial charge in [-0.1, -0.05) is 231 Å². The molecule has 0 aromatic rings. The van der Waals surface area contributed by atoms with Crippen molar-refractivity contribution in [3.8, 4) is 0 Å². The van der Waals surface area contributed by atoms with E-state index in [9.17, 15) is 14.4 Å². The first-order valence-electron chi connectivity index (χ1n) is 26.7. The third kappa shape index (κ3) is 52.4. The fourth-order valence-electron chi connectivity index (χ4n) is 6.74. The normalized spacial score (nSPS) is 13.2. The van der Waals surface area contributed by atoms with Crippen LogP contribution in [0, 0.1) is 0 Å². The minimum Gasteiger partial charge on any atom is -0.462 e. The number of rotatable bonds is 46. The molecule has 0 rings (SSSR count). The van der Waals surface area contributed by atoms with Gasteiger partial charge in [-0.25, -0.2) is 0 Å². The average molecular weight is 925 g/mol. The van der Waals surface area contributed by atoms with Crippen molar-refractivity contribution in [2.45, 2.75) is 219 Å². The van der Waals surface area contributed by atoms with E-state index in [0.717, 1.165) is 96.3 Å². The highest BCUT2D eigenvalue weighted by atomic mass is 16.6. The monoisotopic (exact) mass is 925 g/mol. The van der Waals surface area contributed by atoms with Crippen LogP contribution in [0.3, 0.4) is 0 Å². The number of hydrogen-bond acceptors (Lipinski definition) is 6. The summed E-state index contributed by atoms with van der Waals surface area (Å²) in [6, 6.07) is 0. The first-order chi connectivity index (χ1) is 33.0. The minimum atomic E-state index is -0.834. The lowest BCUT2D eigenvalue weighted by Crippen LogP contribution is -2.30. The molecular weight excluding hydrogens is 829 g/mol. The largest absolute Gasteiger partial charge is 0.462 e. The summed E-state index contributed by atoms with van der Waals surface area (Å²) in [7, 11) is 0. The summed E-state index contributed by atoms with van der Waals surface area (Å²) in [6.07, 6.45) is 75.9. The van der Waals surface area contributed by atoms with Gasteiger partial charge in [-0.2, -0.15) is 0 Å². The first kappa shape index (κ1) is 62.5. The maximum Gasteiger partial charge on any atom is 0.306 e. The van der Waals surface area contributed by atoms with Crippen molar-refractivity contribution in [3.05, 3.63) is 134 Å². The molecule has 6 heteroatoms. The zero-order chi connectivity index (χ0) is 48.6. The molecule has 0 fully saturated rings. The average Bonchev–Trinajstić information content (AvgIpc) is 3.33. The topological polar surface area (TPSA) is 78.9 Å². The molecule has 67 heavy (non-hydrogen) atoms. The van der Waals surface area contributed by atoms with Gasteiger partial charge in [-0.3, -0.25) is 14.4 Å². The highest BCUT2D eigenvalue weighted by Gasteiger charge is 2.19. The molecule has 0 bridgehead atoms. The second-order valence-electron chi connectivity index (χ2n) is 17.0. The van der Waals surface area contributed by atoms with Gasteiger partial charge in [-0.05, 0) is 96.3 Å². The fourth-order valence-corrected chi connectivity index (χ4v) is 6.74. The van der Waals surface area contributed by atoms with Crippen molar-refractivity contribution >= 4 is 17.9 Å². The van der Waals surface area contributed by atoms with Crippen LogP contribution in [0.25, 0.3) is 0 Å². The summed E-state index contributed by atoms with van der Waals surface area (Å²) >= 11 is 0. The van der Waals surface area contributed by atoms with Crippen molar-refractivity contribution in [2.75, 3.05) is 13.2 Å². The van der Waals surface area contributed by atoms with E-state index in [1.54, 1.807) is 0 Å². The van der Waals surface area contributed by atoms with Gasteiger partial charge in [0.05, 0.1) is 0 Å². The van der Waals surface area contributed by atoms with Gasteiger partial charge < -0.3 is 14.2 Å². The summed E-state index contributed by atoms with van der Waals surface area (Å²) in [6.45, 7) is 6.28. The second-order valence-corrected chi connectivity index (χ2v) is 17.0. The van der Waals surface area contributed by atoms with Crippen molar-refractivity contribution < 1.29 is 28.6 Å². The number of allylic oxidation sites excluding steroid dienone is 22. The summed E-state index contributed by atoms with van der Waals surface area (Å²) in [5, 5.41) is 0. The van der Waals surface area contributed by atoms with E-state index < -0.39 is 6.10 Å².